The normalized spacial score (nSPS) is 20.8. The van der Waals surface area contributed by atoms with Crippen molar-refractivity contribution >= 4 is 11.6 Å². The molecule has 1 heterocycles. The second-order valence-electron chi connectivity index (χ2n) is 4.44. The molecule has 2 atom stereocenters. The van der Waals surface area contributed by atoms with Crippen molar-refractivity contribution < 1.29 is 14.3 Å². The van der Waals surface area contributed by atoms with Crippen LogP contribution >= 0.6 is 0 Å². The number of carbonyl (C=O) groups is 2. The molecule has 3 heteroatoms. The Bertz CT molecular complexity index is 549. The molecule has 2 aromatic carbocycles. The summed E-state index contributed by atoms with van der Waals surface area (Å²) >= 11 is 0. The van der Waals surface area contributed by atoms with Crippen LogP contribution < -0.4 is 0 Å². The Labute approximate surface area is 110 Å². The zero-order valence-electron chi connectivity index (χ0n) is 10.2. The van der Waals surface area contributed by atoms with E-state index in [-0.39, 0.29) is 11.6 Å². The first-order valence-electron chi connectivity index (χ1n) is 6.11. The number of hydrogen-bond acceptors (Lipinski definition) is 3. The van der Waals surface area contributed by atoms with Gasteiger partial charge in [0.2, 0.25) is 0 Å². The average Bonchev–Trinajstić information content (AvgIpc) is 3.28. The number of epoxide rings is 1. The Hall–Kier alpha value is -2.26. The highest BCUT2D eigenvalue weighted by Crippen LogP contribution is 2.29. The van der Waals surface area contributed by atoms with Gasteiger partial charge in [-0.05, 0) is 0 Å². The van der Waals surface area contributed by atoms with Crippen molar-refractivity contribution in [2.45, 2.75) is 12.2 Å². The Morgan fingerprint density at radius 2 is 1.05 bits per heavy atom. The van der Waals surface area contributed by atoms with Crippen molar-refractivity contribution in [2.24, 2.45) is 0 Å². The van der Waals surface area contributed by atoms with Crippen LogP contribution in [-0.4, -0.2) is 23.8 Å². The van der Waals surface area contributed by atoms with E-state index < -0.39 is 12.2 Å². The van der Waals surface area contributed by atoms with Crippen LogP contribution in [-0.2, 0) is 4.74 Å². The predicted octanol–water partition coefficient (Wildman–Crippen LogP) is 2.52. The lowest BCUT2D eigenvalue weighted by atomic mass is 10.0. The van der Waals surface area contributed by atoms with Gasteiger partial charge in [0, 0.05) is 11.1 Å². The summed E-state index contributed by atoms with van der Waals surface area (Å²) in [6, 6.07) is 17.8. The first-order valence-corrected chi connectivity index (χ1v) is 6.11. The van der Waals surface area contributed by atoms with Gasteiger partial charge < -0.3 is 4.74 Å². The molecule has 0 bridgehead atoms. The molecule has 2 unspecified atom stereocenters. The fraction of sp³-hybridized carbons (Fsp3) is 0.125. The highest BCUT2D eigenvalue weighted by atomic mass is 16.6. The number of hydrogen-bond donors (Lipinski definition) is 0. The van der Waals surface area contributed by atoms with Gasteiger partial charge in [-0.15, -0.1) is 0 Å². The van der Waals surface area contributed by atoms with Gasteiger partial charge in [-0.25, -0.2) is 0 Å². The van der Waals surface area contributed by atoms with Gasteiger partial charge in [0.05, 0.1) is 0 Å². The van der Waals surface area contributed by atoms with Gasteiger partial charge in [0.1, 0.15) is 0 Å². The highest BCUT2D eigenvalue weighted by molar-refractivity contribution is 6.10. The number of rotatable bonds is 4. The van der Waals surface area contributed by atoms with Crippen LogP contribution in [0.25, 0.3) is 0 Å². The molecule has 0 aromatic heterocycles. The topological polar surface area (TPSA) is 46.7 Å². The van der Waals surface area contributed by atoms with E-state index in [1.165, 1.54) is 0 Å². The first-order chi connectivity index (χ1) is 9.27. The molecule has 1 aliphatic heterocycles. The van der Waals surface area contributed by atoms with E-state index in [0.29, 0.717) is 11.1 Å². The van der Waals surface area contributed by atoms with Gasteiger partial charge >= 0.3 is 0 Å². The minimum Gasteiger partial charge on any atom is -0.352 e. The summed E-state index contributed by atoms with van der Waals surface area (Å²) in [5, 5.41) is 0. The quantitative estimate of drug-likeness (QED) is 0.620. The maximum atomic E-state index is 12.1. The summed E-state index contributed by atoms with van der Waals surface area (Å²) < 4.78 is 5.25. The summed E-state index contributed by atoms with van der Waals surface area (Å²) in [7, 11) is 0. The van der Waals surface area contributed by atoms with E-state index in [4.69, 9.17) is 4.74 Å². The molecule has 2 aromatic rings. The third-order valence-electron chi connectivity index (χ3n) is 3.13. The van der Waals surface area contributed by atoms with E-state index in [9.17, 15) is 9.59 Å². The molecule has 0 aliphatic carbocycles. The van der Waals surface area contributed by atoms with E-state index >= 15 is 0 Å². The van der Waals surface area contributed by atoms with Crippen LogP contribution in [0.1, 0.15) is 20.7 Å². The fourth-order valence-electron chi connectivity index (χ4n) is 2.04. The summed E-state index contributed by atoms with van der Waals surface area (Å²) in [5.41, 5.74) is 1.16. The van der Waals surface area contributed by atoms with Crippen LogP contribution in [0.2, 0.25) is 0 Å². The van der Waals surface area contributed by atoms with Crippen molar-refractivity contribution in [1.29, 1.82) is 0 Å². The van der Waals surface area contributed by atoms with Crippen LogP contribution in [0, 0.1) is 0 Å². The Morgan fingerprint density at radius 3 is 1.42 bits per heavy atom. The minimum absolute atomic E-state index is 0.130. The Kier molecular flexibility index (Phi) is 2.97. The maximum Gasteiger partial charge on any atom is 0.194 e. The molecule has 0 saturated carbocycles. The maximum absolute atomic E-state index is 12.1. The summed E-state index contributed by atoms with van der Waals surface area (Å²) in [6.07, 6.45) is -1.26. The van der Waals surface area contributed by atoms with Crippen LogP contribution in [0.5, 0.6) is 0 Å². The zero-order chi connectivity index (χ0) is 13.2. The van der Waals surface area contributed by atoms with Crippen LogP contribution in [0.3, 0.4) is 0 Å². The molecular formula is C16H12O3. The van der Waals surface area contributed by atoms with E-state index in [2.05, 4.69) is 0 Å². The Balaban J connectivity index is 1.72. The second kappa shape index (κ2) is 4.78. The summed E-state index contributed by atoms with van der Waals surface area (Å²) in [5.74, 6) is -0.259. The fourth-order valence-corrected chi connectivity index (χ4v) is 2.04. The molecular weight excluding hydrogens is 240 g/mol. The molecule has 0 spiro atoms. The largest absolute Gasteiger partial charge is 0.352 e. The van der Waals surface area contributed by atoms with E-state index in [0.717, 1.165) is 0 Å². The van der Waals surface area contributed by atoms with Crippen LogP contribution in [0.15, 0.2) is 60.7 Å². The molecule has 0 amide bonds. The highest BCUT2D eigenvalue weighted by Gasteiger charge is 2.50. The second-order valence-corrected chi connectivity index (χ2v) is 4.44. The lowest BCUT2D eigenvalue weighted by Crippen LogP contribution is -2.16. The smallest absolute Gasteiger partial charge is 0.194 e. The SMILES string of the molecule is O=C(c1ccccc1)C1OC1C(=O)c1ccccc1. The van der Waals surface area contributed by atoms with Gasteiger partial charge in [-0.3, -0.25) is 9.59 Å². The average molecular weight is 252 g/mol. The molecule has 3 rings (SSSR count). The molecule has 1 saturated heterocycles. The van der Waals surface area contributed by atoms with Crippen molar-refractivity contribution in [1.82, 2.24) is 0 Å². The third kappa shape index (κ3) is 2.33. The van der Waals surface area contributed by atoms with E-state index in [1.54, 1.807) is 48.5 Å². The van der Waals surface area contributed by atoms with Gasteiger partial charge in [0.15, 0.2) is 23.8 Å². The molecule has 0 N–H and O–H groups in total. The summed E-state index contributed by atoms with van der Waals surface area (Å²) in [4.78, 5) is 24.2. The molecule has 1 aliphatic rings. The Morgan fingerprint density at radius 1 is 0.684 bits per heavy atom. The zero-order valence-corrected chi connectivity index (χ0v) is 10.2. The molecule has 94 valence electrons. The monoisotopic (exact) mass is 252 g/mol. The van der Waals surface area contributed by atoms with Gasteiger partial charge in [-0.1, -0.05) is 60.7 Å². The van der Waals surface area contributed by atoms with Crippen molar-refractivity contribution in [3.8, 4) is 0 Å². The van der Waals surface area contributed by atoms with Crippen molar-refractivity contribution in [2.75, 3.05) is 0 Å². The first kappa shape index (κ1) is 11.8. The van der Waals surface area contributed by atoms with Gasteiger partial charge in [-0.2, -0.15) is 0 Å². The molecule has 3 nitrogen and oxygen atoms in total. The lowest BCUT2D eigenvalue weighted by molar-refractivity contribution is 0.0948. The standard InChI is InChI=1S/C16H12O3/c17-13(11-7-3-1-4-8-11)15-16(19-15)14(18)12-9-5-2-6-10-12/h1-10,15-16H. The number of Topliss-reactive ketones (excluding diaryl/α,β-unsaturated/α-hetero) is 2. The number of carbonyl (C=O) groups excluding carboxylic acids is 2. The van der Waals surface area contributed by atoms with Crippen LogP contribution in [0.4, 0.5) is 0 Å². The van der Waals surface area contributed by atoms with E-state index in [1.807, 2.05) is 12.1 Å². The predicted molar refractivity (Wildman–Crippen MR) is 70.2 cm³/mol. The summed E-state index contributed by atoms with van der Waals surface area (Å²) in [6.45, 7) is 0. The lowest BCUT2D eigenvalue weighted by Gasteiger charge is -1.97. The van der Waals surface area contributed by atoms with Gasteiger partial charge in [0.25, 0.3) is 0 Å². The molecule has 0 radical (unpaired) electrons. The third-order valence-corrected chi connectivity index (χ3v) is 3.13. The van der Waals surface area contributed by atoms with Crippen molar-refractivity contribution in [3.63, 3.8) is 0 Å². The molecule has 1 fully saturated rings. The molecule has 19 heavy (non-hydrogen) atoms. The number of ketones is 2. The van der Waals surface area contributed by atoms with Crippen molar-refractivity contribution in [3.05, 3.63) is 71.8 Å². The number of ether oxygens (including phenoxy) is 1. The minimum atomic E-state index is -0.630. The number of benzene rings is 2.